The van der Waals surface area contributed by atoms with E-state index in [0.717, 1.165) is 23.3 Å². The Labute approximate surface area is 110 Å². The summed E-state index contributed by atoms with van der Waals surface area (Å²) in [5.41, 5.74) is 1.81. The van der Waals surface area contributed by atoms with Gasteiger partial charge < -0.3 is 9.67 Å². The number of carboxylic acids is 1. The van der Waals surface area contributed by atoms with Gasteiger partial charge in [-0.05, 0) is 18.9 Å². The van der Waals surface area contributed by atoms with Crippen molar-refractivity contribution in [3.8, 4) is 0 Å². The number of rotatable bonds is 2. The highest BCUT2D eigenvalue weighted by atomic mass is 16.4. The maximum absolute atomic E-state index is 11.4. The number of imidazole rings is 1. The van der Waals surface area contributed by atoms with E-state index in [4.69, 9.17) is 0 Å². The molecular formula is C14H15N3O2. The molecule has 0 amide bonds. The van der Waals surface area contributed by atoms with E-state index in [1.54, 1.807) is 12.4 Å². The van der Waals surface area contributed by atoms with Gasteiger partial charge in [-0.25, -0.2) is 4.98 Å². The Balaban J connectivity index is 2.10. The average Bonchev–Trinajstić information content (AvgIpc) is 2.76. The van der Waals surface area contributed by atoms with Crippen molar-refractivity contribution < 1.29 is 9.90 Å². The second-order valence-corrected chi connectivity index (χ2v) is 4.89. The number of hydrogen-bond acceptors (Lipinski definition) is 3. The lowest BCUT2D eigenvalue weighted by Crippen LogP contribution is -2.25. The first kappa shape index (κ1) is 11.9. The molecule has 3 rings (SSSR count). The van der Waals surface area contributed by atoms with Gasteiger partial charge in [0.25, 0.3) is 0 Å². The highest BCUT2D eigenvalue weighted by Crippen LogP contribution is 2.35. The molecule has 0 unspecified atom stereocenters. The second kappa shape index (κ2) is 4.50. The normalized spacial score (nSPS) is 22.8. The molecule has 0 radical (unpaired) electrons. The molecule has 0 spiro atoms. The van der Waals surface area contributed by atoms with E-state index >= 15 is 0 Å². The first-order valence-corrected chi connectivity index (χ1v) is 6.32. The standard InChI is InChI=1S/C14H15N3O2/c1-17-12-6-7-15-8-11(12)16-13(17)9-4-2-3-5-10(9)14(18)19/h2-3,6-10H,4-5H2,1H3,(H,18,19)/t9-,10+/m1/s1. The zero-order chi connectivity index (χ0) is 13.4. The van der Waals surface area contributed by atoms with Crippen LogP contribution < -0.4 is 0 Å². The third-order valence-electron chi connectivity index (χ3n) is 3.80. The summed E-state index contributed by atoms with van der Waals surface area (Å²) in [6, 6.07) is 1.90. The molecule has 98 valence electrons. The van der Waals surface area contributed by atoms with Crippen molar-refractivity contribution in [3.05, 3.63) is 36.4 Å². The van der Waals surface area contributed by atoms with E-state index in [1.165, 1.54) is 0 Å². The van der Waals surface area contributed by atoms with Crippen molar-refractivity contribution in [1.29, 1.82) is 0 Å². The van der Waals surface area contributed by atoms with E-state index < -0.39 is 11.9 Å². The van der Waals surface area contributed by atoms with Crippen LogP contribution in [0.1, 0.15) is 24.6 Å². The van der Waals surface area contributed by atoms with Gasteiger partial charge in [0.05, 0.1) is 17.6 Å². The molecule has 2 atom stereocenters. The van der Waals surface area contributed by atoms with Crippen molar-refractivity contribution in [2.45, 2.75) is 18.8 Å². The Hall–Kier alpha value is -2.17. The largest absolute Gasteiger partial charge is 0.481 e. The predicted molar refractivity (Wildman–Crippen MR) is 70.7 cm³/mol. The van der Waals surface area contributed by atoms with Crippen LogP contribution in [-0.2, 0) is 11.8 Å². The first-order valence-electron chi connectivity index (χ1n) is 6.32. The van der Waals surface area contributed by atoms with Crippen LogP contribution in [0.3, 0.4) is 0 Å². The maximum Gasteiger partial charge on any atom is 0.307 e. The third-order valence-corrected chi connectivity index (χ3v) is 3.80. The summed E-state index contributed by atoms with van der Waals surface area (Å²) >= 11 is 0. The molecule has 0 bridgehead atoms. The zero-order valence-electron chi connectivity index (χ0n) is 10.7. The van der Waals surface area contributed by atoms with Crippen molar-refractivity contribution in [3.63, 3.8) is 0 Å². The molecular weight excluding hydrogens is 242 g/mol. The number of aryl methyl sites for hydroxylation is 1. The lowest BCUT2D eigenvalue weighted by Gasteiger charge is -2.24. The van der Waals surface area contributed by atoms with E-state index in [9.17, 15) is 9.90 Å². The van der Waals surface area contributed by atoms with Gasteiger partial charge in [0.1, 0.15) is 11.3 Å². The minimum atomic E-state index is -0.750. The van der Waals surface area contributed by atoms with Gasteiger partial charge >= 0.3 is 5.97 Å². The predicted octanol–water partition coefficient (Wildman–Crippen LogP) is 2.10. The van der Waals surface area contributed by atoms with Crippen LogP contribution >= 0.6 is 0 Å². The number of carboxylic acid groups (broad SMARTS) is 1. The van der Waals surface area contributed by atoms with Crippen LogP contribution in [0.2, 0.25) is 0 Å². The third kappa shape index (κ3) is 1.91. The molecule has 1 N–H and O–H groups in total. The van der Waals surface area contributed by atoms with Crippen molar-refractivity contribution in [1.82, 2.24) is 14.5 Å². The summed E-state index contributed by atoms with van der Waals surface area (Å²) in [6.07, 6.45) is 8.72. The number of aliphatic carboxylic acids is 1. The first-order chi connectivity index (χ1) is 9.18. The number of fused-ring (bicyclic) bond motifs is 1. The molecule has 0 aromatic carbocycles. The lowest BCUT2D eigenvalue weighted by molar-refractivity contribution is -0.142. The summed E-state index contributed by atoms with van der Waals surface area (Å²) in [5, 5.41) is 9.35. The van der Waals surface area contributed by atoms with Gasteiger partial charge in [-0.2, -0.15) is 0 Å². The molecule has 19 heavy (non-hydrogen) atoms. The molecule has 5 heteroatoms. The number of carbonyl (C=O) groups is 1. The highest BCUT2D eigenvalue weighted by Gasteiger charge is 2.32. The summed E-state index contributed by atoms with van der Waals surface area (Å²) in [5.74, 6) is -0.382. The molecule has 5 nitrogen and oxygen atoms in total. The van der Waals surface area contributed by atoms with Gasteiger partial charge in [-0.3, -0.25) is 9.78 Å². The molecule has 2 heterocycles. The van der Waals surface area contributed by atoms with Crippen LogP contribution in [0.25, 0.3) is 11.0 Å². The number of allylic oxidation sites excluding steroid dienone is 2. The molecule has 0 saturated heterocycles. The van der Waals surface area contributed by atoms with Gasteiger partial charge in [0.15, 0.2) is 0 Å². The average molecular weight is 257 g/mol. The topological polar surface area (TPSA) is 68.0 Å². The molecule has 0 saturated carbocycles. The molecule has 1 aliphatic carbocycles. The Morgan fingerprint density at radius 2 is 2.21 bits per heavy atom. The summed E-state index contributed by atoms with van der Waals surface area (Å²) in [4.78, 5) is 20.0. The summed E-state index contributed by atoms with van der Waals surface area (Å²) in [7, 11) is 1.93. The fraction of sp³-hybridized carbons (Fsp3) is 0.357. The van der Waals surface area contributed by atoms with E-state index in [1.807, 2.05) is 29.8 Å². The fourth-order valence-electron chi connectivity index (χ4n) is 2.77. The maximum atomic E-state index is 11.4. The Bertz CT molecular complexity index is 660. The molecule has 2 aromatic rings. The van der Waals surface area contributed by atoms with Crippen LogP contribution in [0.5, 0.6) is 0 Å². The SMILES string of the molecule is Cn1c([C@@H]2CC=CC[C@@H]2C(=O)O)nc2cnccc21. The van der Waals surface area contributed by atoms with Crippen LogP contribution in [-0.4, -0.2) is 25.6 Å². The van der Waals surface area contributed by atoms with Crippen molar-refractivity contribution >= 4 is 17.0 Å². The van der Waals surface area contributed by atoms with Crippen molar-refractivity contribution in [2.24, 2.45) is 13.0 Å². The van der Waals surface area contributed by atoms with Gasteiger partial charge in [0, 0.05) is 19.2 Å². The minimum Gasteiger partial charge on any atom is -0.481 e. The van der Waals surface area contributed by atoms with Gasteiger partial charge in [-0.15, -0.1) is 0 Å². The van der Waals surface area contributed by atoms with Crippen molar-refractivity contribution in [2.75, 3.05) is 0 Å². The number of nitrogens with zero attached hydrogens (tertiary/aromatic N) is 3. The molecule has 1 aliphatic rings. The second-order valence-electron chi connectivity index (χ2n) is 4.89. The van der Waals surface area contributed by atoms with E-state index in [-0.39, 0.29) is 5.92 Å². The Kier molecular flexibility index (Phi) is 2.81. The minimum absolute atomic E-state index is 0.0695. The Morgan fingerprint density at radius 3 is 2.95 bits per heavy atom. The number of hydrogen-bond donors (Lipinski definition) is 1. The number of aromatic nitrogens is 3. The smallest absolute Gasteiger partial charge is 0.307 e. The molecule has 0 aliphatic heterocycles. The number of pyridine rings is 1. The quantitative estimate of drug-likeness (QED) is 0.836. The van der Waals surface area contributed by atoms with Crippen LogP contribution in [0, 0.1) is 5.92 Å². The lowest BCUT2D eigenvalue weighted by atomic mass is 9.82. The van der Waals surface area contributed by atoms with Gasteiger partial charge in [0.2, 0.25) is 0 Å². The van der Waals surface area contributed by atoms with Gasteiger partial charge in [-0.1, -0.05) is 12.2 Å². The van der Waals surface area contributed by atoms with Crippen LogP contribution in [0.15, 0.2) is 30.6 Å². The summed E-state index contributed by atoms with van der Waals surface area (Å²) in [6.45, 7) is 0. The van der Waals surface area contributed by atoms with E-state index in [2.05, 4.69) is 9.97 Å². The van der Waals surface area contributed by atoms with E-state index in [0.29, 0.717) is 6.42 Å². The molecule has 0 fully saturated rings. The Morgan fingerprint density at radius 1 is 1.42 bits per heavy atom. The highest BCUT2D eigenvalue weighted by molar-refractivity contribution is 5.76. The fourth-order valence-corrected chi connectivity index (χ4v) is 2.77. The summed E-state index contributed by atoms with van der Waals surface area (Å²) < 4.78 is 1.98. The monoisotopic (exact) mass is 257 g/mol. The zero-order valence-corrected chi connectivity index (χ0v) is 10.7. The van der Waals surface area contributed by atoms with Crippen LogP contribution in [0.4, 0.5) is 0 Å². The molecule has 2 aromatic heterocycles.